The predicted molar refractivity (Wildman–Crippen MR) is 64.4 cm³/mol. The third-order valence-electron chi connectivity index (χ3n) is 2.50. The van der Waals surface area contributed by atoms with Gasteiger partial charge in [0.05, 0.1) is 6.54 Å². The highest BCUT2D eigenvalue weighted by Gasteiger charge is 2.41. The third kappa shape index (κ3) is 2.99. The summed E-state index contributed by atoms with van der Waals surface area (Å²) in [5.74, 6) is -0.898. The van der Waals surface area contributed by atoms with Crippen molar-refractivity contribution in [2.75, 3.05) is 6.54 Å². The van der Waals surface area contributed by atoms with Gasteiger partial charge in [-0.25, -0.2) is 0 Å². The van der Waals surface area contributed by atoms with Crippen LogP contribution in [0.2, 0.25) is 0 Å². The second-order valence-electron chi connectivity index (χ2n) is 5.07. The predicted octanol–water partition coefficient (Wildman–Crippen LogP) is 1.55. The largest absolute Gasteiger partial charge is 0.597 e. The highest BCUT2D eigenvalue weighted by molar-refractivity contribution is 7.90. The molecule has 4 nitrogen and oxygen atoms in total. The van der Waals surface area contributed by atoms with Gasteiger partial charge in [0.1, 0.15) is 4.75 Å². The van der Waals surface area contributed by atoms with Gasteiger partial charge in [-0.05, 0) is 34.1 Å². The molecule has 0 aromatic carbocycles. The Kier molecular flexibility index (Phi) is 4.04. The molecule has 0 saturated heterocycles. The van der Waals surface area contributed by atoms with Crippen LogP contribution < -0.4 is 0 Å². The van der Waals surface area contributed by atoms with Crippen LogP contribution in [-0.2, 0) is 16.2 Å². The Morgan fingerprint density at radius 1 is 1.62 bits per heavy atom. The number of carboxylic acid groups (broad SMARTS) is 1. The molecule has 2 atom stereocenters. The van der Waals surface area contributed by atoms with Crippen molar-refractivity contribution in [3.63, 3.8) is 0 Å². The van der Waals surface area contributed by atoms with Crippen molar-refractivity contribution in [1.82, 2.24) is 4.31 Å². The Bertz CT molecular complexity index is 309. The van der Waals surface area contributed by atoms with E-state index in [1.165, 1.54) is 0 Å². The lowest BCUT2D eigenvalue weighted by atomic mass is 10.0. The van der Waals surface area contributed by atoms with Crippen LogP contribution in [0.15, 0.2) is 11.6 Å². The zero-order valence-corrected chi connectivity index (χ0v) is 11.0. The molecule has 0 fully saturated rings. The molecule has 1 rings (SSSR count). The number of carboxylic acids is 1. The summed E-state index contributed by atoms with van der Waals surface area (Å²) in [6, 6.07) is -0.662. The van der Waals surface area contributed by atoms with E-state index >= 15 is 0 Å². The van der Waals surface area contributed by atoms with Gasteiger partial charge in [-0.3, -0.25) is 4.79 Å². The standard InChI is InChI=1S/C11H19NO3S/c1-8-5-6-12(9(7-8)10(13)14)16(15)11(2,3)4/h5,9H,6-7H2,1-4H3,(H,13,14)/t9?,16-/m0/s1. The first-order valence-electron chi connectivity index (χ1n) is 5.30. The second kappa shape index (κ2) is 4.77. The molecular weight excluding hydrogens is 226 g/mol. The van der Waals surface area contributed by atoms with Crippen molar-refractivity contribution < 1.29 is 14.5 Å². The molecule has 1 aliphatic rings. The summed E-state index contributed by atoms with van der Waals surface area (Å²) in [5, 5.41) is 9.14. The molecule has 92 valence electrons. The second-order valence-corrected chi connectivity index (χ2v) is 7.26. The van der Waals surface area contributed by atoms with Crippen LogP contribution in [0.1, 0.15) is 34.1 Å². The molecule has 1 heterocycles. The number of aliphatic carboxylic acids is 1. The van der Waals surface area contributed by atoms with Gasteiger partial charge >= 0.3 is 5.97 Å². The van der Waals surface area contributed by atoms with E-state index in [0.717, 1.165) is 5.57 Å². The summed E-state index contributed by atoms with van der Waals surface area (Å²) in [6.07, 6.45) is 2.40. The summed E-state index contributed by atoms with van der Waals surface area (Å²) >= 11 is -1.28. The maximum Gasteiger partial charge on any atom is 0.325 e. The summed E-state index contributed by atoms with van der Waals surface area (Å²) in [4.78, 5) is 11.1. The first kappa shape index (κ1) is 13.5. The Morgan fingerprint density at radius 2 is 2.19 bits per heavy atom. The quantitative estimate of drug-likeness (QED) is 0.592. The van der Waals surface area contributed by atoms with Gasteiger partial charge < -0.3 is 9.66 Å². The highest BCUT2D eigenvalue weighted by atomic mass is 32.2. The molecule has 16 heavy (non-hydrogen) atoms. The van der Waals surface area contributed by atoms with Crippen LogP contribution in [0, 0.1) is 0 Å². The lowest BCUT2D eigenvalue weighted by Gasteiger charge is -2.37. The molecule has 5 heteroatoms. The van der Waals surface area contributed by atoms with Gasteiger partial charge in [0.15, 0.2) is 6.04 Å². The van der Waals surface area contributed by atoms with Crippen LogP contribution in [0.4, 0.5) is 0 Å². The minimum Gasteiger partial charge on any atom is -0.597 e. The molecule has 0 bridgehead atoms. The Labute approximate surface area is 99.6 Å². The number of hydrogen-bond donors (Lipinski definition) is 1. The van der Waals surface area contributed by atoms with E-state index in [-0.39, 0.29) is 0 Å². The van der Waals surface area contributed by atoms with Gasteiger partial charge in [0.25, 0.3) is 0 Å². The van der Waals surface area contributed by atoms with Gasteiger partial charge in [-0.15, -0.1) is 4.31 Å². The molecule has 1 unspecified atom stereocenters. The fourth-order valence-electron chi connectivity index (χ4n) is 1.61. The average molecular weight is 245 g/mol. The molecule has 0 aliphatic carbocycles. The van der Waals surface area contributed by atoms with E-state index < -0.39 is 28.1 Å². The van der Waals surface area contributed by atoms with Crippen LogP contribution in [0.25, 0.3) is 0 Å². The molecule has 1 aliphatic heterocycles. The molecule has 0 spiro atoms. The summed E-state index contributed by atoms with van der Waals surface area (Å²) in [6.45, 7) is 7.92. The zero-order chi connectivity index (χ0) is 12.5. The number of carbonyl (C=O) groups is 1. The minimum absolute atomic E-state index is 0.424. The van der Waals surface area contributed by atoms with E-state index in [2.05, 4.69) is 0 Å². The molecule has 0 amide bonds. The van der Waals surface area contributed by atoms with Gasteiger partial charge in [-0.1, -0.05) is 11.6 Å². The Hall–Kier alpha value is -0.520. The van der Waals surface area contributed by atoms with E-state index in [1.807, 2.05) is 33.8 Å². The number of rotatable bonds is 2. The fraction of sp³-hybridized carbons (Fsp3) is 0.727. The summed E-state index contributed by atoms with van der Waals surface area (Å²) < 4.78 is 13.3. The first-order chi connectivity index (χ1) is 7.23. The van der Waals surface area contributed by atoms with E-state index in [0.29, 0.717) is 13.0 Å². The van der Waals surface area contributed by atoms with Crippen molar-refractivity contribution >= 4 is 17.3 Å². The van der Waals surface area contributed by atoms with Crippen LogP contribution in [-0.4, -0.2) is 37.3 Å². The maximum absolute atomic E-state index is 12.2. The van der Waals surface area contributed by atoms with E-state index in [4.69, 9.17) is 5.11 Å². The monoisotopic (exact) mass is 245 g/mol. The van der Waals surface area contributed by atoms with Crippen molar-refractivity contribution in [1.29, 1.82) is 0 Å². The van der Waals surface area contributed by atoms with Crippen molar-refractivity contribution in [2.45, 2.75) is 44.9 Å². The average Bonchev–Trinajstić information content (AvgIpc) is 2.15. The summed E-state index contributed by atoms with van der Waals surface area (Å²) in [5.41, 5.74) is 1.05. The van der Waals surface area contributed by atoms with Crippen molar-refractivity contribution in [3.8, 4) is 0 Å². The zero-order valence-electron chi connectivity index (χ0n) is 10.2. The van der Waals surface area contributed by atoms with Crippen molar-refractivity contribution in [3.05, 3.63) is 11.6 Å². The van der Waals surface area contributed by atoms with Gasteiger partial charge in [0.2, 0.25) is 0 Å². The topological polar surface area (TPSA) is 63.6 Å². The van der Waals surface area contributed by atoms with E-state index in [1.54, 1.807) is 4.31 Å². The normalized spacial score (nSPS) is 25.1. The first-order valence-corrected chi connectivity index (χ1v) is 6.41. The molecule has 0 saturated carbocycles. The minimum atomic E-state index is -1.28. The number of hydrogen-bond acceptors (Lipinski definition) is 3. The molecule has 0 aromatic rings. The molecule has 1 N–H and O–H groups in total. The SMILES string of the molecule is CC1=CCN([S@@+]([O-])C(C)(C)C)C(C(=O)O)C1. The van der Waals surface area contributed by atoms with Crippen LogP contribution in [0.3, 0.4) is 0 Å². The number of nitrogens with zero attached hydrogens (tertiary/aromatic N) is 1. The smallest absolute Gasteiger partial charge is 0.325 e. The summed E-state index contributed by atoms with van der Waals surface area (Å²) in [7, 11) is 0. The Balaban J connectivity index is 2.89. The molecular formula is C11H19NO3S. The highest BCUT2D eigenvalue weighted by Crippen LogP contribution is 2.27. The lowest BCUT2D eigenvalue weighted by Crippen LogP contribution is -2.52. The molecule has 0 radical (unpaired) electrons. The van der Waals surface area contributed by atoms with Gasteiger partial charge in [-0.2, -0.15) is 0 Å². The van der Waals surface area contributed by atoms with Crippen LogP contribution >= 0.6 is 0 Å². The fourth-order valence-corrected chi connectivity index (χ4v) is 2.92. The third-order valence-corrected chi connectivity index (χ3v) is 4.38. The lowest BCUT2D eigenvalue weighted by molar-refractivity contribution is -0.141. The van der Waals surface area contributed by atoms with Gasteiger partial charge in [0, 0.05) is 11.4 Å². The van der Waals surface area contributed by atoms with E-state index in [9.17, 15) is 9.35 Å². The van der Waals surface area contributed by atoms with Crippen molar-refractivity contribution in [2.24, 2.45) is 0 Å². The van der Waals surface area contributed by atoms with Crippen LogP contribution in [0.5, 0.6) is 0 Å². The molecule has 0 aromatic heterocycles. The maximum atomic E-state index is 12.2. The Morgan fingerprint density at radius 3 is 2.62 bits per heavy atom.